The predicted octanol–water partition coefficient (Wildman–Crippen LogP) is 2.65. The van der Waals surface area contributed by atoms with E-state index in [0.717, 1.165) is 6.42 Å². The van der Waals surface area contributed by atoms with E-state index in [1.807, 2.05) is 20.8 Å². The highest BCUT2D eigenvalue weighted by atomic mass is 16.4. The van der Waals surface area contributed by atoms with Gasteiger partial charge in [-0.3, -0.25) is 4.79 Å². The van der Waals surface area contributed by atoms with Crippen molar-refractivity contribution in [2.75, 3.05) is 6.54 Å². The van der Waals surface area contributed by atoms with Crippen LogP contribution in [-0.2, 0) is 0 Å². The minimum absolute atomic E-state index is 0.0520. The van der Waals surface area contributed by atoms with Crippen molar-refractivity contribution in [2.24, 2.45) is 0 Å². The Morgan fingerprint density at radius 2 is 1.67 bits per heavy atom. The van der Waals surface area contributed by atoms with Crippen LogP contribution in [0.15, 0.2) is 24.3 Å². The summed E-state index contributed by atoms with van der Waals surface area (Å²) >= 11 is 0. The average Bonchev–Trinajstić information content (AvgIpc) is 2.39. The summed E-state index contributed by atoms with van der Waals surface area (Å²) in [6.07, 6.45) is 0.896. The number of nitrogens with zero attached hydrogens (tertiary/aromatic N) is 1. The monoisotopic (exact) mass is 249 g/mol. The average molecular weight is 249 g/mol. The number of carboxylic acids is 1. The van der Waals surface area contributed by atoms with Gasteiger partial charge in [0.05, 0.1) is 5.56 Å². The summed E-state index contributed by atoms with van der Waals surface area (Å²) in [6, 6.07) is 6.23. The van der Waals surface area contributed by atoms with Gasteiger partial charge in [0.25, 0.3) is 5.91 Å². The first-order valence-electron chi connectivity index (χ1n) is 6.15. The number of benzene rings is 1. The van der Waals surface area contributed by atoms with Gasteiger partial charge in [-0.25, -0.2) is 4.79 Å². The third-order valence-electron chi connectivity index (χ3n) is 3.10. The maximum atomic E-state index is 12.2. The van der Waals surface area contributed by atoms with E-state index in [2.05, 4.69) is 0 Å². The van der Waals surface area contributed by atoms with Crippen LogP contribution >= 0.6 is 0 Å². The molecule has 1 unspecified atom stereocenters. The second-order valence-electron chi connectivity index (χ2n) is 4.23. The highest BCUT2D eigenvalue weighted by molar-refractivity contribution is 5.96. The fraction of sp³-hybridized carbons (Fsp3) is 0.429. The van der Waals surface area contributed by atoms with Crippen molar-refractivity contribution in [2.45, 2.75) is 33.2 Å². The van der Waals surface area contributed by atoms with Crippen molar-refractivity contribution >= 4 is 11.9 Å². The van der Waals surface area contributed by atoms with E-state index in [1.165, 1.54) is 12.1 Å². The van der Waals surface area contributed by atoms with Crippen LogP contribution in [0.2, 0.25) is 0 Å². The lowest BCUT2D eigenvalue weighted by Gasteiger charge is -2.27. The molecule has 0 saturated carbocycles. The largest absolute Gasteiger partial charge is 0.478 e. The highest BCUT2D eigenvalue weighted by Gasteiger charge is 2.18. The van der Waals surface area contributed by atoms with Crippen molar-refractivity contribution < 1.29 is 14.7 Å². The molecule has 1 N–H and O–H groups in total. The molecule has 1 rings (SSSR count). The Morgan fingerprint density at radius 1 is 1.17 bits per heavy atom. The summed E-state index contributed by atoms with van der Waals surface area (Å²) < 4.78 is 0. The molecule has 0 radical (unpaired) electrons. The molecule has 0 aliphatic heterocycles. The van der Waals surface area contributed by atoms with Crippen LogP contribution in [0.5, 0.6) is 0 Å². The molecule has 0 bridgehead atoms. The zero-order valence-electron chi connectivity index (χ0n) is 11.0. The molecule has 0 aliphatic carbocycles. The summed E-state index contributed by atoms with van der Waals surface area (Å²) in [5, 5.41) is 8.80. The number of hydrogen-bond donors (Lipinski definition) is 1. The molecule has 98 valence electrons. The SMILES string of the molecule is CCC(C)N(CC)C(=O)c1ccc(C(=O)O)cc1. The number of rotatable bonds is 5. The van der Waals surface area contributed by atoms with Gasteiger partial charge in [-0.1, -0.05) is 6.92 Å². The summed E-state index contributed by atoms with van der Waals surface area (Å²) in [6.45, 7) is 6.63. The van der Waals surface area contributed by atoms with E-state index in [4.69, 9.17) is 5.11 Å². The molecule has 4 nitrogen and oxygen atoms in total. The fourth-order valence-electron chi connectivity index (χ4n) is 1.80. The van der Waals surface area contributed by atoms with Gasteiger partial charge in [0.2, 0.25) is 0 Å². The summed E-state index contributed by atoms with van der Waals surface area (Å²) in [4.78, 5) is 24.8. The number of carbonyl (C=O) groups is 2. The van der Waals surface area contributed by atoms with Crippen LogP contribution in [0.4, 0.5) is 0 Å². The Labute approximate surface area is 107 Å². The third kappa shape index (κ3) is 3.09. The summed E-state index contributed by atoms with van der Waals surface area (Å²) in [7, 11) is 0. The molecule has 1 atom stereocenters. The molecule has 18 heavy (non-hydrogen) atoms. The van der Waals surface area contributed by atoms with Gasteiger partial charge in [-0.15, -0.1) is 0 Å². The number of carbonyl (C=O) groups excluding carboxylic acids is 1. The van der Waals surface area contributed by atoms with Gasteiger partial charge in [-0.05, 0) is 44.5 Å². The molecule has 0 fully saturated rings. The number of carboxylic acid groups (broad SMARTS) is 1. The maximum absolute atomic E-state index is 12.2. The zero-order valence-corrected chi connectivity index (χ0v) is 11.0. The van der Waals surface area contributed by atoms with E-state index >= 15 is 0 Å². The number of hydrogen-bond acceptors (Lipinski definition) is 2. The highest BCUT2D eigenvalue weighted by Crippen LogP contribution is 2.12. The summed E-state index contributed by atoms with van der Waals surface area (Å²) in [5.74, 6) is -1.04. The van der Waals surface area contributed by atoms with Crippen molar-refractivity contribution in [1.82, 2.24) is 4.90 Å². The molecule has 1 aromatic rings. The first-order chi connectivity index (χ1) is 8.51. The van der Waals surface area contributed by atoms with Crippen molar-refractivity contribution in [1.29, 1.82) is 0 Å². The van der Waals surface area contributed by atoms with Crippen LogP contribution < -0.4 is 0 Å². The van der Waals surface area contributed by atoms with Gasteiger partial charge < -0.3 is 10.0 Å². The van der Waals surface area contributed by atoms with Crippen LogP contribution in [-0.4, -0.2) is 34.5 Å². The molecule has 0 saturated heterocycles. The minimum atomic E-state index is -0.983. The van der Waals surface area contributed by atoms with Gasteiger partial charge >= 0.3 is 5.97 Å². The Kier molecular flexibility index (Phi) is 4.89. The van der Waals surface area contributed by atoms with Crippen LogP contribution in [0.3, 0.4) is 0 Å². The Bertz CT molecular complexity index is 425. The summed E-state index contributed by atoms with van der Waals surface area (Å²) in [5.41, 5.74) is 0.722. The Morgan fingerprint density at radius 3 is 2.06 bits per heavy atom. The van der Waals surface area contributed by atoms with Gasteiger partial charge in [0, 0.05) is 18.2 Å². The standard InChI is InChI=1S/C14H19NO3/c1-4-10(3)15(5-2)13(16)11-6-8-12(9-7-11)14(17)18/h6-10H,4-5H2,1-3H3,(H,17,18). The lowest BCUT2D eigenvalue weighted by Crippen LogP contribution is -2.38. The molecule has 1 amide bonds. The Balaban J connectivity index is 2.92. The first kappa shape index (κ1) is 14.2. The molecular weight excluding hydrogens is 230 g/mol. The van der Waals surface area contributed by atoms with E-state index in [0.29, 0.717) is 12.1 Å². The van der Waals surface area contributed by atoms with E-state index in [9.17, 15) is 9.59 Å². The number of aromatic carboxylic acids is 1. The zero-order chi connectivity index (χ0) is 13.7. The normalized spacial score (nSPS) is 11.9. The van der Waals surface area contributed by atoms with Crippen LogP contribution in [0.1, 0.15) is 47.9 Å². The van der Waals surface area contributed by atoms with Crippen molar-refractivity contribution in [3.63, 3.8) is 0 Å². The van der Waals surface area contributed by atoms with E-state index < -0.39 is 5.97 Å². The topological polar surface area (TPSA) is 57.6 Å². The van der Waals surface area contributed by atoms with E-state index in [1.54, 1.807) is 17.0 Å². The predicted molar refractivity (Wildman–Crippen MR) is 69.9 cm³/mol. The van der Waals surface area contributed by atoms with Gasteiger partial charge in [-0.2, -0.15) is 0 Å². The molecule has 0 spiro atoms. The molecule has 0 aliphatic rings. The molecule has 1 aromatic carbocycles. The molecular formula is C14H19NO3. The second-order valence-corrected chi connectivity index (χ2v) is 4.23. The van der Waals surface area contributed by atoms with Crippen LogP contribution in [0.25, 0.3) is 0 Å². The fourth-order valence-corrected chi connectivity index (χ4v) is 1.80. The van der Waals surface area contributed by atoms with Crippen LogP contribution in [0, 0.1) is 0 Å². The molecule has 4 heteroatoms. The number of amides is 1. The lowest BCUT2D eigenvalue weighted by atomic mass is 10.1. The van der Waals surface area contributed by atoms with Gasteiger partial charge in [0.1, 0.15) is 0 Å². The smallest absolute Gasteiger partial charge is 0.335 e. The third-order valence-corrected chi connectivity index (χ3v) is 3.10. The van der Waals surface area contributed by atoms with Crippen molar-refractivity contribution in [3.8, 4) is 0 Å². The van der Waals surface area contributed by atoms with Crippen molar-refractivity contribution in [3.05, 3.63) is 35.4 Å². The first-order valence-corrected chi connectivity index (χ1v) is 6.15. The van der Waals surface area contributed by atoms with E-state index in [-0.39, 0.29) is 17.5 Å². The molecule has 0 aromatic heterocycles. The lowest BCUT2D eigenvalue weighted by molar-refractivity contribution is 0.0684. The Hall–Kier alpha value is -1.84. The molecule has 0 heterocycles. The quantitative estimate of drug-likeness (QED) is 0.872. The second kappa shape index (κ2) is 6.19. The van der Waals surface area contributed by atoms with Gasteiger partial charge in [0.15, 0.2) is 0 Å². The minimum Gasteiger partial charge on any atom is -0.478 e. The maximum Gasteiger partial charge on any atom is 0.335 e.